The topological polar surface area (TPSA) is 52.0 Å². The molecule has 0 spiro atoms. The van der Waals surface area contributed by atoms with Crippen molar-refractivity contribution in [1.29, 1.82) is 0 Å². The average Bonchev–Trinajstić information content (AvgIpc) is 2.51. The highest BCUT2D eigenvalue weighted by molar-refractivity contribution is 6.38. The van der Waals surface area contributed by atoms with Gasteiger partial charge in [0.2, 0.25) is 0 Å². The summed E-state index contributed by atoms with van der Waals surface area (Å²) in [5, 5.41) is 1.44. The van der Waals surface area contributed by atoms with Crippen LogP contribution >= 0.6 is 34.8 Å². The van der Waals surface area contributed by atoms with E-state index in [1.54, 1.807) is 24.3 Å². The third-order valence-corrected chi connectivity index (χ3v) is 4.08. The summed E-state index contributed by atoms with van der Waals surface area (Å²) in [6.45, 7) is -0.131. The standard InChI is InChI=1S/C16H9Cl3N2O2/c17-10-3-1-9(2-4-10)14(22)7-21-8-20-15-12(16(21)23)5-11(18)6-13(15)19/h1-6,8H,7H2. The Bertz CT molecular complexity index is 965. The lowest BCUT2D eigenvalue weighted by Gasteiger charge is -2.07. The second-order valence-electron chi connectivity index (χ2n) is 4.89. The largest absolute Gasteiger partial charge is 0.292 e. The smallest absolute Gasteiger partial charge is 0.261 e. The summed E-state index contributed by atoms with van der Waals surface area (Å²) in [5.74, 6) is -0.224. The quantitative estimate of drug-likeness (QED) is 0.651. The van der Waals surface area contributed by atoms with E-state index in [9.17, 15) is 9.59 Å². The number of nitrogens with zero attached hydrogens (tertiary/aromatic N) is 2. The lowest BCUT2D eigenvalue weighted by molar-refractivity contribution is 0.0970. The molecule has 7 heteroatoms. The molecule has 0 radical (unpaired) electrons. The molecule has 0 N–H and O–H groups in total. The van der Waals surface area contributed by atoms with Crippen molar-refractivity contribution in [2.75, 3.05) is 0 Å². The normalized spacial score (nSPS) is 10.9. The average molecular weight is 368 g/mol. The van der Waals surface area contributed by atoms with Crippen molar-refractivity contribution in [2.24, 2.45) is 0 Å². The van der Waals surface area contributed by atoms with Crippen LogP contribution in [0.4, 0.5) is 0 Å². The molecule has 3 rings (SSSR count). The van der Waals surface area contributed by atoms with E-state index in [2.05, 4.69) is 4.98 Å². The van der Waals surface area contributed by atoms with Crippen LogP contribution in [-0.2, 0) is 6.54 Å². The minimum Gasteiger partial charge on any atom is -0.292 e. The maximum atomic E-state index is 12.5. The van der Waals surface area contributed by atoms with Crippen LogP contribution in [0.5, 0.6) is 0 Å². The molecule has 4 nitrogen and oxygen atoms in total. The maximum absolute atomic E-state index is 12.5. The highest BCUT2D eigenvalue weighted by atomic mass is 35.5. The van der Waals surface area contributed by atoms with Gasteiger partial charge in [-0.05, 0) is 36.4 Å². The molecule has 0 aliphatic carbocycles. The van der Waals surface area contributed by atoms with Gasteiger partial charge in [0.05, 0.1) is 28.8 Å². The summed E-state index contributed by atoms with van der Waals surface area (Å²) in [4.78, 5) is 28.9. The zero-order valence-electron chi connectivity index (χ0n) is 11.6. The Labute approximate surface area is 146 Å². The Morgan fingerprint density at radius 3 is 2.43 bits per heavy atom. The van der Waals surface area contributed by atoms with Crippen LogP contribution in [0, 0.1) is 0 Å². The molecular weight excluding hydrogens is 359 g/mol. The fourth-order valence-electron chi connectivity index (χ4n) is 2.19. The molecule has 0 fully saturated rings. The van der Waals surface area contributed by atoms with Crippen LogP contribution < -0.4 is 5.56 Å². The zero-order valence-corrected chi connectivity index (χ0v) is 13.9. The van der Waals surface area contributed by atoms with Gasteiger partial charge in [0.25, 0.3) is 5.56 Å². The monoisotopic (exact) mass is 366 g/mol. The number of fused-ring (bicyclic) bond motifs is 1. The summed E-state index contributed by atoms with van der Waals surface area (Å²) < 4.78 is 1.23. The summed E-state index contributed by atoms with van der Waals surface area (Å²) >= 11 is 17.7. The van der Waals surface area contributed by atoms with Crippen LogP contribution in [-0.4, -0.2) is 15.3 Å². The molecular formula is C16H9Cl3N2O2. The van der Waals surface area contributed by atoms with Gasteiger partial charge in [-0.3, -0.25) is 14.2 Å². The predicted molar refractivity (Wildman–Crippen MR) is 91.8 cm³/mol. The second kappa shape index (κ2) is 6.32. The first kappa shape index (κ1) is 16.0. The van der Waals surface area contributed by atoms with Gasteiger partial charge in [0, 0.05) is 15.6 Å². The Balaban J connectivity index is 2.00. The third kappa shape index (κ3) is 3.24. The molecule has 1 heterocycles. The third-order valence-electron chi connectivity index (χ3n) is 3.33. The molecule has 1 aromatic heterocycles. The molecule has 0 aliphatic rings. The fourth-order valence-corrected chi connectivity index (χ4v) is 2.86. The molecule has 0 bridgehead atoms. The highest BCUT2D eigenvalue weighted by Crippen LogP contribution is 2.24. The Kier molecular flexibility index (Phi) is 4.39. The molecule has 0 aliphatic heterocycles. The van der Waals surface area contributed by atoms with E-state index in [1.807, 2.05) is 0 Å². The summed E-state index contributed by atoms with van der Waals surface area (Å²) in [6.07, 6.45) is 1.30. The van der Waals surface area contributed by atoms with Crippen LogP contribution in [0.3, 0.4) is 0 Å². The number of ketones is 1. The summed E-state index contributed by atoms with van der Waals surface area (Å²) in [7, 11) is 0. The zero-order chi connectivity index (χ0) is 16.6. The number of rotatable bonds is 3. The Morgan fingerprint density at radius 1 is 1.04 bits per heavy atom. The molecule has 0 saturated carbocycles. The first-order chi connectivity index (χ1) is 11.0. The molecule has 0 atom stereocenters. The van der Waals surface area contributed by atoms with Gasteiger partial charge < -0.3 is 0 Å². The van der Waals surface area contributed by atoms with Crippen molar-refractivity contribution in [3.8, 4) is 0 Å². The number of aromatic nitrogens is 2. The fraction of sp³-hybridized carbons (Fsp3) is 0.0625. The number of hydrogen-bond acceptors (Lipinski definition) is 3. The van der Waals surface area contributed by atoms with Gasteiger partial charge in [-0.1, -0.05) is 34.8 Å². The lowest BCUT2D eigenvalue weighted by Crippen LogP contribution is -2.24. The molecule has 0 unspecified atom stereocenters. The van der Waals surface area contributed by atoms with Crippen molar-refractivity contribution in [2.45, 2.75) is 6.54 Å². The van der Waals surface area contributed by atoms with Crippen LogP contribution in [0.15, 0.2) is 47.5 Å². The van der Waals surface area contributed by atoms with Gasteiger partial charge in [0.1, 0.15) is 0 Å². The van der Waals surface area contributed by atoms with E-state index in [0.29, 0.717) is 26.1 Å². The Hall–Kier alpha value is -1.88. The van der Waals surface area contributed by atoms with Gasteiger partial charge in [-0.15, -0.1) is 0 Å². The van der Waals surface area contributed by atoms with Crippen LogP contribution in [0.1, 0.15) is 10.4 Å². The van der Waals surface area contributed by atoms with Crippen molar-refractivity contribution < 1.29 is 4.79 Å². The minimum absolute atomic E-state index is 0.131. The molecule has 2 aromatic carbocycles. The van der Waals surface area contributed by atoms with E-state index in [0.717, 1.165) is 0 Å². The van der Waals surface area contributed by atoms with E-state index >= 15 is 0 Å². The van der Waals surface area contributed by atoms with E-state index in [4.69, 9.17) is 34.8 Å². The highest BCUT2D eigenvalue weighted by Gasteiger charge is 2.12. The first-order valence-corrected chi connectivity index (χ1v) is 7.72. The van der Waals surface area contributed by atoms with Crippen molar-refractivity contribution in [3.05, 3.63) is 73.7 Å². The number of halogens is 3. The van der Waals surface area contributed by atoms with E-state index in [-0.39, 0.29) is 23.3 Å². The number of benzene rings is 2. The van der Waals surface area contributed by atoms with Crippen molar-refractivity contribution >= 4 is 51.5 Å². The van der Waals surface area contributed by atoms with Gasteiger partial charge in [-0.2, -0.15) is 0 Å². The predicted octanol–water partition coefficient (Wildman–Crippen LogP) is 4.24. The number of carbonyl (C=O) groups is 1. The van der Waals surface area contributed by atoms with E-state index < -0.39 is 0 Å². The van der Waals surface area contributed by atoms with Gasteiger partial charge in [0.15, 0.2) is 5.78 Å². The van der Waals surface area contributed by atoms with Gasteiger partial charge >= 0.3 is 0 Å². The van der Waals surface area contributed by atoms with Gasteiger partial charge in [-0.25, -0.2) is 4.98 Å². The summed E-state index contributed by atoms with van der Waals surface area (Å²) in [6, 6.07) is 9.46. The SMILES string of the molecule is O=C(Cn1cnc2c(Cl)cc(Cl)cc2c1=O)c1ccc(Cl)cc1. The van der Waals surface area contributed by atoms with E-state index in [1.165, 1.54) is 23.0 Å². The van der Waals surface area contributed by atoms with Crippen molar-refractivity contribution in [1.82, 2.24) is 9.55 Å². The van der Waals surface area contributed by atoms with Crippen LogP contribution in [0.2, 0.25) is 15.1 Å². The van der Waals surface area contributed by atoms with Crippen LogP contribution in [0.25, 0.3) is 10.9 Å². The molecule has 0 amide bonds. The Morgan fingerprint density at radius 2 is 1.74 bits per heavy atom. The minimum atomic E-state index is -0.373. The first-order valence-electron chi connectivity index (χ1n) is 6.58. The molecule has 116 valence electrons. The number of carbonyl (C=O) groups excluding carboxylic acids is 1. The summed E-state index contributed by atoms with van der Waals surface area (Å²) in [5.41, 5.74) is 0.448. The molecule has 23 heavy (non-hydrogen) atoms. The number of hydrogen-bond donors (Lipinski definition) is 0. The second-order valence-corrected chi connectivity index (χ2v) is 6.17. The number of Topliss-reactive ketones (excluding diaryl/α,β-unsaturated/α-hetero) is 1. The molecule has 3 aromatic rings. The maximum Gasteiger partial charge on any atom is 0.261 e. The van der Waals surface area contributed by atoms with Crippen molar-refractivity contribution in [3.63, 3.8) is 0 Å². The lowest BCUT2D eigenvalue weighted by atomic mass is 10.1. The molecule has 0 saturated heterocycles.